The molecule has 0 amide bonds. The Morgan fingerprint density at radius 2 is 0.881 bits per heavy atom. The van der Waals surface area contributed by atoms with Crippen LogP contribution in [0, 0.1) is 0 Å². The maximum absolute atomic E-state index is 9.88. The van der Waals surface area contributed by atoms with Crippen molar-refractivity contribution in [3.05, 3.63) is 142 Å². The van der Waals surface area contributed by atoms with Gasteiger partial charge < -0.3 is 25.0 Å². The molecule has 4 aromatic rings. The molecule has 0 unspecified atom stereocenters. The number of rotatable bonds is 12. The van der Waals surface area contributed by atoms with Crippen molar-refractivity contribution in [2.75, 3.05) is 26.3 Å². The third-order valence-electron chi connectivity index (χ3n) is 5.98. The number of hydrogen-bond donors (Lipinski definition) is 0. The Morgan fingerprint density at radius 1 is 0.548 bits per heavy atom. The predicted octanol–water partition coefficient (Wildman–Crippen LogP) is 8.46. The summed E-state index contributed by atoms with van der Waals surface area (Å²) in [6.07, 6.45) is 3.55. The molecular formula is C36H41N2O3Zr. The van der Waals surface area contributed by atoms with Gasteiger partial charge >= 0.3 is 26.2 Å². The fraction of sp³-hybridized carbons (Fsp3) is 0.278. The fourth-order valence-corrected chi connectivity index (χ4v) is 3.85. The van der Waals surface area contributed by atoms with Crippen molar-refractivity contribution >= 4 is 23.9 Å². The van der Waals surface area contributed by atoms with E-state index in [2.05, 4.69) is 68.8 Å². The smallest absolute Gasteiger partial charge is 0.678 e. The van der Waals surface area contributed by atoms with E-state index in [1.165, 1.54) is 11.1 Å². The summed E-state index contributed by atoms with van der Waals surface area (Å²) in [6, 6.07) is 34.6. The maximum atomic E-state index is 9.88. The van der Waals surface area contributed by atoms with E-state index in [4.69, 9.17) is 10.6 Å². The molecule has 0 aliphatic carbocycles. The van der Waals surface area contributed by atoms with Crippen LogP contribution in [0.3, 0.4) is 0 Å². The SMILES string of the molecule is CC(C)c1ccccc1[N-]CC[OH+]CC[N-]c1ccccc1C(C)C.O=[C-]c1ccccc1.O=[C-]c1ccccc1.[Zr+3]. The Balaban J connectivity index is 0.000000420. The van der Waals surface area contributed by atoms with Gasteiger partial charge in [0, 0.05) is 0 Å². The van der Waals surface area contributed by atoms with Gasteiger partial charge in [0.15, 0.2) is 0 Å². The molecule has 0 aliphatic rings. The van der Waals surface area contributed by atoms with Crippen LogP contribution < -0.4 is 0 Å². The van der Waals surface area contributed by atoms with Crippen molar-refractivity contribution in [3.63, 3.8) is 0 Å². The van der Waals surface area contributed by atoms with E-state index in [1.807, 2.05) is 24.3 Å². The van der Waals surface area contributed by atoms with Crippen molar-refractivity contribution in [2.24, 2.45) is 0 Å². The van der Waals surface area contributed by atoms with Crippen LogP contribution in [0.2, 0.25) is 0 Å². The van der Waals surface area contributed by atoms with Crippen molar-refractivity contribution in [1.82, 2.24) is 0 Å². The zero-order valence-electron chi connectivity index (χ0n) is 25.0. The average Bonchev–Trinajstić information content (AvgIpc) is 3.02. The van der Waals surface area contributed by atoms with E-state index in [9.17, 15) is 9.59 Å². The summed E-state index contributed by atoms with van der Waals surface area (Å²) in [5, 5.41) is 9.39. The normalized spacial score (nSPS) is 9.86. The Labute approximate surface area is 271 Å². The molecule has 0 atom stereocenters. The van der Waals surface area contributed by atoms with Crippen LogP contribution in [0.1, 0.15) is 61.8 Å². The topological polar surface area (TPSA) is 75.1 Å². The summed E-state index contributed by atoms with van der Waals surface area (Å²) in [6.45, 7) is 11.8. The van der Waals surface area contributed by atoms with Gasteiger partial charge in [0.25, 0.3) is 0 Å². The first kappa shape index (κ1) is 36.7. The molecule has 4 rings (SSSR count). The van der Waals surface area contributed by atoms with Crippen LogP contribution in [0.4, 0.5) is 11.4 Å². The minimum atomic E-state index is 0. The second kappa shape index (κ2) is 22.3. The molecule has 6 heteroatoms. The quantitative estimate of drug-likeness (QED) is 0.0885. The van der Waals surface area contributed by atoms with E-state index in [0.717, 1.165) is 37.7 Å². The van der Waals surface area contributed by atoms with E-state index < -0.39 is 0 Å². The van der Waals surface area contributed by atoms with E-state index >= 15 is 0 Å². The zero-order chi connectivity index (χ0) is 29.7. The van der Waals surface area contributed by atoms with Crippen molar-refractivity contribution in [2.45, 2.75) is 39.5 Å². The van der Waals surface area contributed by atoms with Crippen LogP contribution in [-0.2, 0) is 35.8 Å². The van der Waals surface area contributed by atoms with Crippen LogP contribution >= 0.6 is 0 Å². The molecule has 217 valence electrons. The van der Waals surface area contributed by atoms with Gasteiger partial charge in [-0.05, 0) is 11.8 Å². The molecule has 4 aromatic carbocycles. The third kappa shape index (κ3) is 14.5. The largest absolute Gasteiger partial charge is 3.00 e. The third-order valence-corrected chi connectivity index (χ3v) is 5.98. The summed E-state index contributed by atoms with van der Waals surface area (Å²) >= 11 is 0. The maximum Gasteiger partial charge on any atom is 3.00 e. The number of nitrogens with zero attached hydrogens (tertiary/aromatic N) is 2. The molecule has 5 nitrogen and oxygen atoms in total. The van der Waals surface area contributed by atoms with Crippen LogP contribution in [0.25, 0.3) is 10.6 Å². The van der Waals surface area contributed by atoms with Gasteiger partial charge in [0.1, 0.15) is 13.2 Å². The first-order valence-corrected chi connectivity index (χ1v) is 14.0. The average molecular weight is 641 g/mol. The van der Waals surface area contributed by atoms with Gasteiger partial charge in [-0.15, -0.1) is 35.6 Å². The molecular weight excluding hydrogens is 600 g/mol. The Hall–Kier alpha value is -3.34. The van der Waals surface area contributed by atoms with Gasteiger partial charge in [0.05, 0.1) is 12.6 Å². The van der Waals surface area contributed by atoms with Gasteiger partial charge in [0.2, 0.25) is 0 Å². The predicted molar refractivity (Wildman–Crippen MR) is 171 cm³/mol. The van der Waals surface area contributed by atoms with Crippen LogP contribution in [0.5, 0.6) is 0 Å². The molecule has 0 bridgehead atoms. The number of aliphatic hydroxyl groups is 2. The minimum Gasteiger partial charge on any atom is -0.678 e. The van der Waals surface area contributed by atoms with Gasteiger partial charge in [-0.2, -0.15) is 35.4 Å². The Kier molecular flexibility index (Phi) is 19.5. The molecule has 0 aromatic heterocycles. The summed E-state index contributed by atoms with van der Waals surface area (Å²) < 4.78 is 4.56. The molecule has 0 fully saturated rings. The molecule has 0 saturated carbocycles. The number of hydrogen-bond acceptors (Lipinski definition) is 2. The second-order valence-corrected chi connectivity index (χ2v) is 9.80. The van der Waals surface area contributed by atoms with E-state index in [1.54, 1.807) is 61.1 Å². The van der Waals surface area contributed by atoms with Crippen molar-refractivity contribution < 1.29 is 40.5 Å². The second-order valence-electron chi connectivity index (χ2n) is 9.80. The van der Waals surface area contributed by atoms with Crippen molar-refractivity contribution in [3.8, 4) is 0 Å². The number of benzene rings is 4. The Morgan fingerprint density at radius 3 is 1.19 bits per heavy atom. The molecule has 42 heavy (non-hydrogen) atoms. The zero-order valence-corrected chi connectivity index (χ0v) is 27.5. The first-order chi connectivity index (χ1) is 20.0. The molecule has 0 heterocycles. The first-order valence-electron chi connectivity index (χ1n) is 14.0. The van der Waals surface area contributed by atoms with Crippen molar-refractivity contribution in [1.29, 1.82) is 0 Å². The standard InChI is InChI=1S/C22H30N2O.2C7H5O.Zr/c1-17(2)19-9-5-7-11-21(19)23-13-15-25-16-14-24-22-12-8-6-10-20(22)18(3)4;2*8-6-7-4-2-1-3-5-7;/h5-12,17-18H,13-16H2,1-4H3;2*1-5H;/q-2;2*-1;+3/p+1. The summed E-state index contributed by atoms with van der Waals surface area (Å²) in [5.74, 6) is 0.994. The summed E-state index contributed by atoms with van der Waals surface area (Å²) in [7, 11) is 0. The minimum absolute atomic E-state index is 0. The molecule has 0 spiro atoms. The molecule has 1 radical (unpaired) electrons. The number of ether oxygens (including phenoxy) is 1. The summed E-state index contributed by atoms with van der Waals surface area (Å²) in [4.78, 5) is 19.8. The number of carbonyl (C=O) groups excluding carboxylic acids is 2. The number of para-hydroxylation sites is 2. The van der Waals surface area contributed by atoms with Gasteiger partial charge in [-0.25, -0.2) is 0 Å². The van der Waals surface area contributed by atoms with E-state index in [-0.39, 0.29) is 26.2 Å². The Bertz CT molecular complexity index is 1170. The van der Waals surface area contributed by atoms with Gasteiger partial charge in [-0.1, -0.05) is 113 Å². The molecule has 1 N–H and O–H groups in total. The fourth-order valence-electron chi connectivity index (χ4n) is 3.85. The molecule has 0 aliphatic heterocycles. The van der Waals surface area contributed by atoms with Crippen LogP contribution in [0.15, 0.2) is 109 Å². The van der Waals surface area contributed by atoms with E-state index in [0.29, 0.717) is 23.0 Å². The molecule has 0 saturated heterocycles. The van der Waals surface area contributed by atoms with Gasteiger partial charge in [-0.3, -0.25) is 0 Å². The summed E-state index contributed by atoms with van der Waals surface area (Å²) in [5.41, 5.74) is 6.03. The monoisotopic (exact) mass is 639 g/mol. The van der Waals surface area contributed by atoms with Crippen LogP contribution in [-0.4, -0.2) is 43.6 Å².